The number of pyridine rings is 1. The van der Waals surface area contributed by atoms with Crippen LogP contribution in [0.1, 0.15) is 27.2 Å². The van der Waals surface area contributed by atoms with E-state index in [0.717, 1.165) is 36.3 Å². The number of fused-ring (bicyclic) bond motifs is 2. The van der Waals surface area contributed by atoms with Crippen molar-refractivity contribution in [3.8, 4) is 5.75 Å². The van der Waals surface area contributed by atoms with E-state index in [1.54, 1.807) is 17.8 Å². The van der Waals surface area contributed by atoms with Crippen LogP contribution in [-0.2, 0) is 13.0 Å². The second kappa shape index (κ2) is 6.26. The van der Waals surface area contributed by atoms with E-state index >= 15 is 0 Å². The summed E-state index contributed by atoms with van der Waals surface area (Å²) >= 11 is 0. The van der Waals surface area contributed by atoms with Crippen LogP contribution in [0, 0.1) is 6.92 Å². The maximum Gasteiger partial charge on any atom is 0.263 e. The number of nitrogens with two attached hydrogens (primary N) is 1. The molecule has 4 rings (SSSR count). The Morgan fingerprint density at radius 3 is 3.08 bits per heavy atom. The van der Waals surface area contributed by atoms with Gasteiger partial charge in [0.1, 0.15) is 17.0 Å². The van der Waals surface area contributed by atoms with Crippen LogP contribution in [0.2, 0.25) is 0 Å². The summed E-state index contributed by atoms with van der Waals surface area (Å²) in [5.41, 5.74) is 10.0. The SMILES string of the molecule is COc1c(C)cncc1NC(=O)c1c(N)nn2cc3c(nc12)CCNC3. The molecular weight excluding hydrogens is 334 g/mol. The third-order valence-corrected chi connectivity index (χ3v) is 4.41. The minimum atomic E-state index is -0.399. The lowest BCUT2D eigenvalue weighted by Gasteiger charge is -2.16. The summed E-state index contributed by atoms with van der Waals surface area (Å²) < 4.78 is 6.91. The molecule has 1 aliphatic heterocycles. The molecule has 1 aliphatic rings. The van der Waals surface area contributed by atoms with Gasteiger partial charge in [-0.1, -0.05) is 0 Å². The van der Waals surface area contributed by atoms with Gasteiger partial charge in [0.2, 0.25) is 0 Å². The van der Waals surface area contributed by atoms with Gasteiger partial charge in [-0.2, -0.15) is 0 Å². The first-order valence-corrected chi connectivity index (χ1v) is 8.25. The highest BCUT2D eigenvalue weighted by molar-refractivity contribution is 6.12. The molecule has 0 atom stereocenters. The number of aryl methyl sites for hydroxylation is 1. The van der Waals surface area contributed by atoms with Crippen LogP contribution in [-0.4, -0.2) is 39.1 Å². The largest absolute Gasteiger partial charge is 0.494 e. The number of hydrogen-bond acceptors (Lipinski definition) is 7. The molecule has 26 heavy (non-hydrogen) atoms. The van der Waals surface area contributed by atoms with Gasteiger partial charge in [-0.05, 0) is 6.92 Å². The number of nitrogens with zero attached hydrogens (tertiary/aromatic N) is 4. The summed E-state index contributed by atoms with van der Waals surface area (Å²) in [7, 11) is 1.55. The van der Waals surface area contributed by atoms with Crippen molar-refractivity contribution in [2.24, 2.45) is 0 Å². The Kier molecular flexibility index (Phi) is 3.92. The summed E-state index contributed by atoms with van der Waals surface area (Å²) in [5.74, 6) is 0.286. The van der Waals surface area contributed by atoms with Gasteiger partial charge < -0.3 is 21.1 Å². The zero-order valence-corrected chi connectivity index (χ0v) is 14.5. The molecule has 0 bridgehead atoms. The monoisotopic (exact) mass is 353 g/mol. The quantitative estimate of drug-likeness (QED) is 0.640. The molecule has 3 aromatic rings. The van der Waals surface area contributed by atoms with Crippen molar-refractivity contribution in [2.75, 3.05) is 24.7 Å². The van der Waals surface area contributed by atoms with Crippen molar-refractivity contribution >= 4 is 23.1 Å². The number of carbonyl (C=O) groups excluding carboxylic acids is 1. The minimum Gasteiger partial charge on any atom is -0.494 e. The summed E-state index contributed by atoms with van der Waals surface area (Å²) in [5, 5.41) is 10.3. The van der Waals surface area contributed by atoms with Crippen molar-refractivity contribution in [3.05, 3.63) is 41.0 Å². The van der Waals surface area contributed by atoms with Crippen LogP contribution < -0.4 is 21.1 Å². The van der Waals surface area contributed by atoms with Gasteiger partial charge in [-0.25, -0.2) is 9.50 Å². The third-order valence-electron chi connectivity index (χ3n) is 4.41. The number of ether oxygens (including phenoxy) is 1. The molecule has 134 valence electrons. The normalized spacial score (nSPS) is 13.5. The second-order valence-electron chi connectivity index (χ2n) is 6.16. The van der Waals surface area contributed by atoms with Gasteiger partial charge in [0, 0.05) is 43.0 Å². The predicted octanol–water partition coefficient (Wildman–Crippen LogP) is 0.922. The van der Waals surface area contributed by atoms with E-state index in [-0.39, 0.29) is 11.4 Å². The van der Waals surface area contributed by atoms with Crippen LogP contribution in [0.5, 0.6) is 5.75 Å². The van der Waals surface area contributed by atoms with Crippen molar-refractivity contribution in [1.29, 1.82) is 0 Å². The third kappa shape index (κ3) is 2.62. The Morgan fingerprint density at radius 2 is 2.27 bits per heavy atom. The highest BCUT2D eigenvalue weighted by atomic mass is 16.5. The van der Waals surface area contributed by atoms with E-state index in [0.29, 0.717) is 17.1 Å². The van der Waals surface area contributed by atoms with Gasteiger partial charge >= 0.3 is 0 Å². The van der Waals surface area contributed by atoms with Crippen LogP contribution in [0.15, 0.2) is 18.6 Å². The van der Waals surface area contributed by atoms with E-state index < -0.39 is 5.91 Å². The Balaban J connectivity index is 1.75. The standard InChI is InChI=1S/C17H19N7O2/c1-9-5-20-7-12(14(9)26-2)22-17(25)13-15(18)23-24-8-10-6-19-4-3-11(10)21-16(13)24/h5,7-8,19H,3-4,6H2,1-2H3,(H2,18,23)(H,22,25). The topological polar surface area (TPSA) is 119 Å². The fraction of sp³-hybridized carbons (Fsp3) is 0.294. The van der Waals surface area contributed by atoms with Crippen molar-refractivity contribution in [2.45, 2.75) is 19.9 Å². The number of nitrogens with one attached hydrogen (secondary N) is 2. The predicted molar refractivity (Wildman–Crippen MR) is 96.3 cm³/mol. The Bertz CT molecular complexity index is 1010. The molecule has 4 heterocycles. The van der Waals surface area contributed by atoms with Gasteiger partial charge in [-0.15, -0.1) is 5.10 Å². The van der Waals surface area contributed by atoms with E-state index in [9.17, 15) is 4.79 Å². The Hall–Kier alpha value is -3.20. The van der Waals surface area contributed by atoms with Crippen LogP contribution in [0.4, 0.5) is 11.5 Å². The molecule has 0 unspecified atom stereocenters. The maximum absolute atomic E-state index is 12.9. The van der Waals surface area contributed by atoms with Crippen LogP contribution in [0.25, 0.3) is 5.65 Å². The molecule has 3 aromatic heterocycles. The molecule has 0 fully saturated rings. The molecule has 0 radical (unpaired) electrons. The van der Waals surface area contributed by atoms with E-state index in [2.05, 4.69) is 25.7 Å². The fourth-order valence-electron chi connectivity index (χ4n) is 3.17. The van der Waals surface area contributed by atoms with E-state index in [1.165, 1.54) is 6.20 Å². The molecule has 0 spiro atoms. The number of aromatic nitrogens is 4. The average Bonchev–Trinajstić information content (AvgIpc) is 2.94. The number of methoxy groups -OCH3 is 1. The number of nitrogen functional groups attached to an aromatic ring is 1. The van der Waals surface area contributed by atoms with Crippen LogP contribution >= 0.6 is 0 Å². The molecule has 4 N–H and O–H groups in total. The molecule has 9 nitrogen and oxygen atoms in total. The molecule has 0 saturated carbocycles. The maximum atomic E-state index is 12.9. The Morgan fingerprint density at radius 1 is 1.42 bits per heavy atom. The molecule has 9 heteroatoms. The van der Waals surface area contributed by atoms with E-state index in [1.807, 2.05) is 13.1 Å². The average molecular weight is 353 g/mol. The molecule has 0 aromatic carbocycles. The molecule has 0 saturated heterocycles. The number of amides is 1. The highest BCUT2D eigenvalue weighted by Gasteiger charge is 2.23. The lowest BCUT2D eigenvalue weighted by molar-refractivity contribution is 0.102. The molecule has 0 aliphatic carbocycles. The van der Waals surface area contributed by atoms with Gasteiger partial charge in [0.25, 0.3) is 5.91 Å². The summed E-state index contributed by atoms with van der Waals surface area (Å²) in [6.45, 7) is 3.44. The number of carbonyl (C=O) groups is 1. The summed E-state index contributed by atoms with van der Waals surface area (Å²) in [6.07, 6.45) is 5.87. The van der Waals surface area contributed by atoms with Gasteiger partial charge in [0.05, 0.1) is 19.0 Å². The molecular formula is C17H19N7O2. The number of anilines is 2. The number of hydrogen-bond donors (Lipinski definition) is 3. The van der Waals surface area contributed by atoms with Gasteiger partial charge in [-0.3, -0.25) is 9.78 Å². The highest BCUT2D eigenvalue weighted by Crippen LogP contribution is 2.28. The zero-order valence-electron chi connectivity index (χ0n) is 14.5. The Labute approximate surface area is 149 Å². The van der Waals surface area contributed by atoms with E-state index in [4.69, 9.17) is 10.5 Å². The minimum absolute atomic E-state index is 0.130. The van der Waals surface area contributed by atoms with Crippen LogP contribution in [0.3, 0.4) is 0 Å². The first kappa shape index (κ1) is 16.3. The lowest BCUT2D eigenvalue weighted by atomic mass is 10.1. The van der Waals surface area contributed by atoms with Crippen molar-refractivity contribution in [3.63, 3.8) is 0 Å². The number of rotatable bonds is 3. The summed E-state index contributed by atoms with van der Waals surface area (Å²) in [6, 6.07) is 0. The summed E-state index contributed by atoms with van der Waals surface area (Å²) in [4.78, 5) is 21.6. The van der Waals surface area contributed by atoms with Crippen molar-refractivity contribution < 1.29 is 9.53 Å². The van der Waals surface area contributed by atoms with Gasteiger partial charge in [0.15, 0.2) is 11.5 Å². The lowest BCUT2D eigenvalue weighted by Crippen LogP contribution is -2.25. The van der Waals surface area contributed by atoms with Crippen molar-refractivity contribution in [1.82, 2.24) is 24.9 Å². The zero-order chi connectivity index (χ0) is 18.3. The smallest absolute Gasteiger partial charge is 0.263 e. The first-order chi connectivity index (χ1) is 12.6. The second-order valence-corrected chi connectivity index (χ2v) is 6.16. The molecule has 1 amide bonds. The first-order valence-electron chi connectivity index (χ1n) is 8.25. The fourth-order valence-corrected chi connectivity index (χ4v) is 3.17.